The van der Waals surface area contributed by atoms with Crippen molar-refractivity contribution in [2.45, 2.75) is 31.5 Å². The van der Waals surface area contributed by atoms with Gasteiger partial charge in [-0.3, -0.25) is 14.5 Å². The van der Waals surface area contributed by atoms with Crippen LogP contribution in [0.25, 0.3) is 11.1 Å². The van der Waals surface area contributed by atoms with E-state index in [2.05, 4.69) is 24.3 Å². The van der Waals surface area contributed by atoms with Crippen molar-refractivity contribution in [1.29, 1.82) is 0 Å². The van der Waals surface area contributed by atoms with Crippen LogP contribution in [-0.4, -0.2) is 35.0 Å². The Morgan fingerprint density at radius 2 is 1.33 bits per heavy atom. The lowest BCUT2D eigenvalue weighted by Gasteiger charge is -2.44. The Morgan fingerprint density at radius 1 is 0.795 bits per heavy atom. The van der Waals surface area contributed by atoms with Crippen molar-refractivity contribution in [3.8, 4) is 11.1 Å². The van der Waals surface area contributed by atoms with E-state index in [0.29, 0.717) is 0 Å². The van der Waals surface area contributed by atoms with Crippen molar-refractivity contribution in [2.24, 2.45) is 5.92 Å². The Bertz CT molecular complexity index is 1500. The first-order chi connectivity index (χ1) is 19.0. The van der Waals surface area contributed by atoms with Gasteiger partial charge in [-0.2, -0.15) is 0 Å². The lowest BCUT2D eigenvalue weighted by Crippen LogP contribution is -2.53. The summed E-state index contributed by atoms with van der Waals surface area (Å²) >= 11 is 0. The number of nitrogens with zero attached hydrogens (tertiary/aromatic N) is 1. The molecule has 4 aromatic carbocycles. The molecule has 5 nitrogen and oxygen atoms in total. The van der Waals surface area contributed by atoms with Crippen molar-refractivity contribution >= 4 is 17.5 Å². The first-order valence-corrected chi connectivity index (χ1v) is 13.3. The van der Waals surface area contributed by atoms with Crippen LogP contribution < -0.4 is 0 Å². The summed E-state index contributed by atoms with van der Waals surface area (Å²) in [4.78, 5) is 42.0. The molecule has 0 spiro atoms. The molecule has 1 heterocycles. The normalized spacial score (nSPS) is 19.4. The third-order valence-corrected chi connectivity index (χ3v) is 7.98. The Kier molecular flexibility index (Phi) is 6.45. The monoisotopic (exact) mass is 515 g/mol. The molecule has 1 unspecified atom stereocenters. The van der Waals surface area contributed by atoms with Crippen molar-refractivity contribution in [2.75, 3.05) is 6.54 Å². The number of carbonyl (C=O) groups excluding carboxylic acids is 3. The van der Waals surface area contributed by atoms with Crippen LogP contribution in [0.2, 0.25) is 0 Å². The van der Waals surface area contributed by atoms with Gasteiger partial charge in [-0.05, 0) is 40.3 Å². The van der Waals surface area contributed by atoms with E-state index in [1.54, 1.807) is 0 Å². The summed E-state index contributed by atoms with van der Waals surface area (Å²) in [5.74, 6) is -1.53. The second-order valence-electron chi connectivity index (χ2n) is 10.3. The van der Waals surface area contributed by atoms with Gasteiger partial charge in [0.1, 0.15) is 18.4 Å². The number of ether oxygens (including phenoxy) is 1. The van der Waals surface area contributed by atoms with E-state index in [1.165, 1.54) is 6.92 Å². The molecule has 0 amide bonds. The van der Waals surface area contributed by atoms with Gasteiger partial charge in [0, 0.05) is 6.42 Å². The van der Waals surface area contributed by atoms with Gasteiger partial charge in [-0.25, -0.2) is 0 Å². The molecule has 39 heavy (non-hydrogen) atoms. The molecule has 1 aliphatic heterocycles. The number of fused-ring (bicyclic) bond motifs is 3. The Hall–Kier alpha value is -4.35. The molecule has 0 bridgehead atoms. The number of likely N-dealkylation sites (tertiary alicyclic amines) is 1. The molecular formula is C34H29NO4. The van der Waals surface area contributed by atoms with Crippen LogP contribution in [0.15, 0.2) is 109 Å². The molecule has 5 heteroatoms. The molecule has 6 rings (SSSR count). The van der Waals surface area contributed by atoms with E-state index < -0.39 is 23.5 Å². The Morgan fingerprint density at radius 3 is 1.92 bits per heavy atom. The number of carbonyl (C=O) groups is 3. The SMILES string of the molecule is CC(=O)CC1C(=O)CN(C2(c3ccccc3)c3ccccc3-c3ccccc32)[C@@H]1C(=O)OCc1ccccc1. The highest BCUT2D eigenvalue weighted by Crippen LogP contribution is 2.56. The zero-order chi connectivity index (χ0) is 27.0. The molecule has 4 aromatic rings. The molecule has 2 aliphatic rings. The molecule has 1 saturated heterocycles. The number of esters is 1. The van der Waals surface area contributed by atoms with Crippen LogP contribution >= 0.6 is 0 Å². The number of hydrogen-bond donors (Lipinski definition) is 0. The zero-order valence-electron chi connectivity index (χ0n) is 21.7. The van der Waals surface area contributed by atoms with Gasteiger partial charge in [0.25, 0.3) is 0 Å². The van der Waals surface area contributed by atoms with Crippen LogP contribution in [0.1, 0.15) is 35.6 Å². The van der Waals surface area contributed by atoms with Crippen LogP contribution in [0.4, 0.5) is 0 Å². The largest absolute Gasteiger partial charge is 0.460 e. The maximum absolute atomic E-state index is 14.0. The van der Waals surface area contributed by atoms with Crippen molar-refractivity contribution < 1.29 is 19.1 Å². The Labute approximate surface area is 228 Å². The summed E-state index contributed by atoms with van der Waals surface area (Å²) in [6, 6.07) is 34.9. The second-order valence-corrected chi connectivity index (χ2v) is 10.3. The third-order valence-electron chi connectivity index (χ3n) is 7.98. The molecule has 0 N–H and O–H groups in total. The number of hydrogen-bond acceptors (Lipinski definition) is 5. The summed E-state index contributed by atoms with van der Waals surface area (Å²) < 4.78 is 5.87. The minimum Gasteiger partial charge on any atom is -0.460 e. The highest BCUT2D eigenvalue weighted by molar-refractivity contribution is 5.97. The molecule has 1 fully saturated rings. The lowest BCUT2D eigenvalue weighted by atomic mass is 9.78. The number of ketones is 2. The third kappa shape index (κ3) is 4.10. The summed E-state index contributed by atoms with van der Waals surface area (Å²) in [5.41, 5.74) is 5.06. The van der Waals surface area contributed by atoms with Crippen LogP contribution in [0.3, 0.4) is 0 Å². The first kappa shape index (κ1) is 25.0. The van der Waals surface area contributed by atoms with Gasteiger partial charge in [-0.15, -0.1) is 0 Å². The van der Waals surface area contributed by atoms with Crippen molar-refractivity contribution in [1.82, 2.24) is 4.90 Å². The minimum atomic E-state index is -0.926. The van der Waals surface area contributed by atoms with Gasteiger partial charge in [-0.1, -0.05) is 109 Å². The fraction of sp³-hybridized carbons (Fsp3) is 0.206. The summed E-state index contributed by atoms with van der Waals surface area (Å²) in [7, 11) is 0. The number of Topliss-reactive ketones (excluding diaryl/α,β-unsaturated/α-hetero) is 2. The van der Waals surface area contributed by atoms with Gasteiger partial charge in [0.2, 0.25) is 0 Å². The predicted molar refractivity (Wildman–Crippen MR) is 149 cm³/mol. The van der Waals surface area contributed by atoms with Gasteiger partial charge in [0.05, 0.1) is 18.0 Å². The first-order valence-electron chi connectivity index (χ1n) is 13.3. The highest BCUT2D eigenvalue weighted by atomic mass is 16.5. The van der Waals surface area contributed by atoms with Gasteiger partial charge < -0.3 is 9.53 Å². The summed E-state index contributed by atoms with van der Waals surface area (Å²) in [5, 5.41) is 0. The van der Waals surface area contributed by atoms with E-state index in [-0.39, 0.29) is 31.1 Å². The average molecular weight is 516 g/mol. The van der Waals surface area contributed by atoms with E-state index in [0.717, 1.165) is 33.4 Å². The van der Waals surface area contributed by atoms with Crippen LogP contribution in [0.5, 0.6) is 0 Å². The van der Waals surface area contributed by atoms with E-state index in [1.807, 2.05) is 89.8 Å². The van der Waals surface area contributed by atoms with Crippen molar-refractivity contribution in [3.63, 3.8) is 0 Å². The smallest absolute Gasteiger partial charge is 0.324 e. The Balaban J connectivity index is 1.54. The number of rotatable bonds is 7. The summed E-state index contributed by atoms with van der Waals surface area (Å²) in [6.07, 6.45) is -0.00536. The standard InChI is InChI=1S/C34H29NO4/c1-23(36)20-28-31(37)21-35(32(28)33(38)39-22-24-12-4-2-5-13-24)34(25-14-6-3-7-15-25)29-18-10-8-16-26(29)27-17-9-11-19-30(27)34/h2-19,28,32H,20-22H2,1H3/t28?,32-/m0/s1. The maximum Gasteiger partial charge on any atom is 0.324 e. The molecule has 194 valence electrons. The highest BCUT2D eigenvalue weighted by Gasteiger charge is 2.58. The van der Waals surface area contributed by atoms with E-state index in [9.17, 15) is 14.4 Å². The molecule has 1 aliphatic carbocycles. The molecule has 0 aromatic heterocycles. The molecule has 0 radical (unpaired) electrons. The molecule has 0 saturated carbocycles. The van der Waals surface area contributed by atoms with Crippen LogP contribution in [0, 0.1) is 5.92 Å². The second kappa shape index (κ2) is 10.1. The fourth-order valence-corrected chi connectivity index (χ4v) is 6.42. The minimum absolute atomic E-state index is 0.00536. The quantitative estimate of drug-likeness (QED) is 0.302. The average Bonchev–Trinajstić information content (AvgIpc) is 3.45. The summed E-state index contributed by atoms with van der Waals surface area (Å²) in [6.45, 7) is 1.59. The maximum atomic E-state index is 14.0. The van der Waals surface area contributed by atoms with Gasteiger partial charge in [0.15, 0.2) is 5.78 Å². The van der Waals surface area contributed by atoms with E-state index >= 15 is 0 Å². The predicted octanol–water partition coefficient (Wildman–Crippen LogP) is 5.55. The lowest BCUT2D eigenvalue weighted by molar-refractivity contribution is -0.154. The van der Waals surface area contributed by atoms with Crippen LogP contribution in [-0.2, 0) is 31.3 Å². The molecular weight excluding hydrogens is 486 g/mol. The molecule has 2 atom stereocenters. The topological polar surface area (TPSA) is 63.7 Å². The fourth-order valence-electron chi connectivity index (χ4n) is 6.42. The zero-order valence-corrected chi connectivity index (χ0v) is 21.7. The van der Waals surface area contributed by atoms with E-state index in [4.69, 9.17) is 4.74 Å². The van der Waals surface area contributed by atoms with Crippen molar-refractivity contribution in [3.05, 3.63) is 131 Å². The number of benzene rings is 4. The van der Waals surface area contributed by atoms with Gasteiger partial charge >= 0.3 is 5.97 Å².